The van der Waals surface area contributed by atoms with Crippen LogP contribution in [0.2, 0.25) is 0 Å². The molecule has 0 amide bonds. The van der Waals surface area contributed by atoms with E-state index in [2.05, 4.69) is 15.8 Å². The Balaban J connectivity index is 2.53. The van der Waals surface area contributed by atoms with Gasteiger partial charge in [-0.1, -0.05) is 0 Å². The van der Waals surface area contributed by atoms with Crippen molar-refractivity contribution >= 4 is 23.0 Å². The summed E-state index contributed by atoms with van der Waals surface area (Å²) in [6.07, 6.45) is 0. The monoisotopic (exact) mass is 295 g/mol. The van der Waals surface area contributed by atoms with Gasteiger partial charge in [0.15, 0.2) is 5.11 Å². The van der Waals surface area contributed by atoms with Gasteiger partial charge in [-0.2, -0.15) is 5.10 Å². The maximum absolute atomic E-state index is 5.15. The highest BCUT2D eigenvalue weighted by Crippen LogP contribution is 2.11. The van der Waals surface area contributed by atoms with Crippen LogP contribution in [0.15, 0.2) is 29.4 Å². The van der Waals surface area contributed by atoms with Gasteiger partial charge in [-0.3, -0.25) is 5.43 Å². The Morgan fingerprint density at radius 1 is 1.30 bits per heavy atom. The molecule has 6 heteroatoms. The molecule has 110 valence electrons. The van der Waals surface area contributed by atoms with Gasteiger partial charge in [0, 0.05) is 13.2 Å². The van der Waals surface area contributed by atoms with Crippen LogP contribution in [0, 0.1) is 0 Å². The van der Waals surface area contributed by atoms with Crippen molar-refractivity contribution in [3.05, 3.63) is 29.8 Å². The van der Waals surface area contributed by atoms with Crippen molar-refractivity contribution < 1.29 is 9.47 Å². The number of hydrazone groups is 1. The highest BCUT2D eigenvalue weighted by Gasteiger charge is 2.03. The van der Waals surface area contributed by atoms with E-state index in [1.165, 1.54) is 0 Å². The molecule has 0 spiro atoms. The smallest absolute Gasteiger partial charge is 0.187 e. The molecule has 0 radical (unpaired) electrons. The van der Waals surface area contributed by atoms with Crippen LogP contribution in [0.1, 0.15) is 19.4 Å². The summed E-state index contributed by atoms with van der Waals surface area (Å²) in [6.45, 7) is 4.48. The molecular weight excluding hydrogens is 274 g/mol. The van der Waals surface area contributed by atoms with Gasteiger partial charge in [0.05, 0.1) is 19.4 Å². The second-order valence-corrected chi connectivity index (χ2v) is 4.78. The summed E-state index contributed by atoms with van der Waals surface area (Å²) in [7, 11) is 3.30. The van der Waals surface area contributed by atoms with Crippen LogP contribution in [-0.4, -0.2) is 37.7 Å². The summed E-state index contributed by atoms with van der Waals surface area (Å²) in [5.41, 5.74) is 4.67. The Bertz CT molecular complexity index is 460. The number of nitrogens with zero attached hydrogens (tertiary/aromatic N) is 1. The van der Waals surface area contributed by atoms with Crippen LogP contribution in [0.4, 0.5) is 0 Å². The molecule has 5 nitrogen and oxygen atoms in total. The molecule has 1 aromatic rings. The van der Waals surface area contributed by atoms with Crippen molar-refractivity contribution in [1.82, 2.24) is 10.7 Å². The third-order valence-corrected chi connectivity index (χ3v) is 2.84. The summed E-state index contributed by atoms with van der Waals surface area (Å²) in [5.74, 6) is 0.820. The minimum Gasteiger partial charge on any atom is -0.497 e. The molecule has 0 aliphatic rings. The molecule has 0 aromatic heterocycles. The fourth-order valence-corrected chi connectivity index (χ4v) is 1.83. The van der Waals surface area contributed by atoms with Crippen LogP contribution < -0.4 is 15.5 Å². The van der Waals surface area contributed by atoms with E-state index in [1.807, 2.05) is 38.1 Å². The summed E-state index contributed by atoms with van der Waals surface area (Å²) < 4.78 is 10.1. The lowest BCUT2D eigenvalue weighted by atomic mass is 10.1. The maximum atomic E-state index is 5.15. The number of nitrogens with one attached hydrogen (secondary N) is 2. The molecule has 0 bridgehead atoms. The first kappa shape index (κ1) is 16.4. The van der Waals surface area contributed by atoms with E-state index < -0.39 is 0 Å². The normalized spacial score (nSPS) is 12.7. The Hall–Kier alpha value is -1.66. The Labute approximate surface area is 125 Å². The average molecular weight is 295 g/mol. The molecule has 1 rings (SSSR count). The van der Waals surface area contributed by atoms with Crippen LogP contribution in [0.25, 0.3) is 0 Å². The number of methoxy groups -OCH3 is 2. The van der Waals surface area contributed by atoms with E-state index in [9.17, 15) is 0 Å². The van der Waals surface area contributed by atoms with Gasteiger partial charge in [0.25, 0.3) is 0 Å². The first-order valence-corrected chi connectivity index (χ1v) is 6.71. The molecule has 0 aliphatic carbocycles. The molecule has 20 heavy (non-hydrogen) atoms. The van der Waals surface area contributed by atoms with Crippen molar-refractivity contribution in [2.45, 2.75) is 19.9 Å². The van der Waals surface area contributed by atoms with Crippen LogP contribution >= 0.6 is 12.2 Å². The summed E-state index contributed by atoms with van der Waals surface area (Å²) in [6, 6.07) is 7.82. The number of ether oxygens (including phenoxy) is 2. The summed E-state index contributed by atoms with van der Waals surface area (Å²) in [5, 5.41) is 7.79. The number of hydrogen-bond acceptors (Lipinski definition) is 4. The lowest BCUT2D eigenvalue weighted by molar-refractivity contribution is 0.179. The van der Waals surface area contributed by atoms with Crippen LogP contribution in [-0.2, 0) is 4.74 Å². The third kappa shape index (κ3) is 5.54. The van der Waals surface area contributed by atoms with E-state index in [4.69, 9.17) is 21.7 Å². The fraction of sp³-hybridized carbons (Fsp3) is 0.429. The predicted octanol–water partition coefficient (Wildman–Crippen LogP) is 1.92. The quantitative estimate of drug-likeness (QED) is 0.477. The first-order chi connectivity index (χ1) is 9.56. The highest BCUT2D eigenvalue weighted by atomic mass is 32.1. The number of thiocarbonyl (C=S) groups is 1. The predicted molar refractivity (Wildman–Crippen MR) is 85.4 cm³/mol. The van der Waals surface area contributed by atoms with Gasteiger partial charge >= 0.3 is 0 Å². The van der Waals surface area contributed by atoms with E-state index in [0.717, 1.165) is 17.0 Å². The third-order valence-electron chi connectivity index (χ3n) is 2.63. The SMILES string of the molecule is COC[C@@H](C)NC(=S)N/N=C(/C)c1ccc(OC)cc1. The van der Waals surface area contributed by atoms with Crippen LogP contribution in [0.5, 0.6) is 5.75 Å². The molecule has 1 aromatic carbocycles. The second kappa shape index (κ2) is 8.50. The van der Waals surface area contributed by atoms with E-state index >= 15 is 0 Å². The van der Waals surface area contributed by atoms with Crippen molar-refractivity contribution in [1.29, 1.82) is 0 Å². The zero-order valence-corrected chi connectivity index (χ0v) is 13.1. The van der Waals surface area contributed by atoms with E-state index in [-0.39, 0.29) is 6.04 Å². The Morgan fingerprint density at radius 2 is 1.95 bits per heavy atom. The average Bonchev–Trinajstić information content (AvgIpc) is 2.45. The number of hydrogen-bond donors (Lipinski definition) is 2. The zero-order chi connectivity index (χ0) is 15.0. The number of benzene rings is 1. The molecular formula is C14H21N3O2S. The molecule has 0 fully saturated rings. The fourth-order valence-electron chi connectivity index (χ4n) is 1.58. The topological polar surface area (TPSA) is 54.9 Å². The standard InChI is InChI=1S/C14H21N3O2S/c1-10(9-18-3)15-14(20)17-16-11(2)12-5-7-13(19-4)8-6-12/h5-8,10H,9H2,1-4H3,(H2,15,17,20)/b16-11-/t10-/m1/s1. The molecule has 0 unspecified atom stereocenters. The van der Waals surface area contributed by atoms with E-state index in [0.29, 0.717) is 11.7 Å². The second-order valence-electron chi connectivity index (χ2n) is 4.37. The lowest BCUT2D eigenvalue weighted by Crippen LogP contribution is -2.40. The Morgan fingerprint density at radius 3 is 2.50 bits per heavy atom. The molecule has 0 heterocycles. The molecule has 1 atom stereocenters. The maximum Gasteiger partial charge on any atom is 0.187 e. The minimum absolute atomic E-state index is 0.136. The number of rotatable bonds is 6. The van der Waals surface area contributed by atoms with Gasteiger partial charge in [0.2, 0.25) is 0 Å². The van der Waals surface area contributed by atoms with Crippen molar-refractivity contribution in [2.75, 3.05) is 20.8 Å². The lowest BCUT2D eigenvalue weighted by Gasteiger charge is -2.14. The van der Waals surface area contributed by atoms with Gasteiger partial charge < -0.3 is 14.8 Å². The zero-order valence-electron chi connectivity index (χ0n) is 12.3. The summed E-state index contributed by atoms with van der Waals surface area (Å²) in [4.78, 5) is 0. The largest absolute Gasteiger partial charge is 0.497 e. The molecule has 0 saturated heterocycles. The summed E-state index contributed by atoms with van der Waals surface area (Å²) >= 11 is 5.15. The van der Waals surface area contributed by atoms with Gasteiger partial charge in [-0.15, -0.1) is 0 Å². The molecule has 0 aliphatic heterocycles. The molecule has 0 saturated carbocycles. The van der Waals surface area contributed by atoms with Gasteiger partial charge in [0.1, 0.15) is 5.75 Å². The van der Waals surface area contributed by atoms with Crippen molar-refractivity contribution in [3.63, 3.8) is 0 Å². The highest BCUT2D eigenvalue weighted by molar-refractivity contribution is 7.80. The minimum atomic E-state index is 0.136. The van der Waals surface area contributed by atoms with E-state index in [1.54, 1.807) is 14.2 Å². The Kier molecular flexibility index (Phi) is 6.97. The van der Waals surface area contributed by atoms with Crippen LogP contribution in [0.3, 0.4) is 0 Å². The van der Waals surface area contributed by atoms with Gasteiger partial charge in [-0.05, 0) is 55.9 Å². The van der Waals surface area contributed by atoms with Gasteiger partial charge in [-0.25, -0.2) is 0 Å². The van der Waals surface area contributed by atoms with Crippen molar-refractivity contribution in [3.8, 4) is 5.75 Å². The first-order valence-electron chi connectivity index (χ1n) is 6.31. The molecule has 2 N–H and O–H groups in total. The van der Waals surface area contributed by atoms with Crippen molar-refractivity contribution in [2.24, 2.45) is 5.10 Å².